The van der Waals surface area contributed by atoms with E-state index in [9.17, 15) is 9.59 Å². The van der Waals surface area contributed by atoms with Crippen LogP contribution < -0.4 is 11.2 Å². The van der Waals surface area contributed by atoms with Gasteiger partial charge in [0.1, 0.15) is 5.69 Å². The molecule has 0 atom stereocenters. The van der Waals surface area contributed by atoms with Crippen LogP contribution >= 0.6 is 0 Å². The highest BCUT2D eigenvalue weighted by molar-refractivity contribution is 5.99. The van der Waals surface area contributed by atoms with Gasteiger partial charge in [-0.15, -0.1) is 0 Å². The van der Waals surface area contributed by atoms with Crippen LogP contribution in [0.15, 0.2) is 19.0 Å². The maximum absolute atomic E-state index is 11.6. The Labute approximate surface area is 99.0 Å². The van der Waals surface area contributed by atoms with E-state index in [0.717, 1.165) is 0 Å². The van der Waals surface area contributed by atoms with Crippen molar-refractivity contribution in [1.29, 1.82) is 0 Å². The number of nitrogens with two attached hydrogens (primary N) is 1. The van der Waals surface area contributed by atoms with Crippen molar-refractivity contribution in [3.63, 3.8) is 0 Å². The van der Waals surface area contributed by atoms with E-state index >= 15 is 0 Å². The van der Waals surface area contributed by atoms with Gasteiger partial charge < -0.3 is 15.9 Å². The Hall–Kier alpha value is -2.24. The summed E-state index contributed by atoms with van der Waals surface area (Å²) in [6.45, 7) is 7.09. The average molecular weight is 237 g/mol. The largest absolute Gasteiger partial charge is 0.462 e. The molecule has 0 aromatic carbocycles. The van der Waals surface area contributed by atoms with Gasteiger partial charge in [-0.25, -0.2) is 4.79 Å². The molecule has 0 saturated heterocycles. The number of ether oxygens (including phenoxy) is 1. The molecule has 3 N–H and O–H groups in total. The summed E-state index contributed by atoms with van der Waals surface area (Å²) >= 11 is 0. The summed E-state index contributed by atoms with van der Waals surface area (Å²) < 4.78 is 6.22. The van der Waals surface area contributed by atoms with Crippen molar-refractivity contribution in [2.24, 2.45) is 5.73 Å². The Balaban J connectivity index is 3.25. The Kier molecular flexibility index (Phi) is 3.92. The van der Waals surface area contributed by atoms with Crippen LogP contribution in [0.5, 0.6) is 0 Å². The SMILES string of the molecule is C=CNn1cc(C(=O)OCC)c(C)c1C(N)=O. The molecule has 0 aliphatic carbocycles. The van der Waals surface area contributed by atoms with Gasteiger partial charge in [0.05, 0.1) is 12.2 Å². The second kappa shape index (κ2) is 5.20. The number of carbonyl (C=O) groups excluding carboxylic acids is 2. The highest BCUT2D eigenvalue weighted by atomic mass is 16.5. The van der Waals surface area contributed by atoms with E-state index in [1.165, 1.54) is 17.1 Å². The molecular weight excluding hydrogens is 222 g/mol. The van der Waals surface area contributed by atoms with Crippen LogP contribution in [-0.2, 0) is 4.74 Å². The maximum Gasteiger partial charge on any atom is 0.340 e. The van der Waals surface area contributed by atoms with E-state index < -0.39 is 11.9 Å². The minimum atomic E-state index is -0.632. The standard InChI is InChI=1S/C11H15N3O3/c1-4-13-14-6-8(11(16)17-5-2)7(3)9(14)10(12)15/h4,6,13H,1,5H2,2-3H3,(H2,12,15). The fourth-order valence-corrected chi connectivity index (χ4v) is 1.52. The molecule has 0 fully saturated rings. The first-order valence-corrected chi connectivity index (χ1v) is 5.09. The molecule has 17 heavy (non-hydrogen) atoms. The van der Waals surface area contributed by atoms with Gasteiger partial charge in [-0.2, -0.15) is 0 Å². The molecule has 0 aliphatic heterocycles. The first kappa shape index (κ1) is 12.8. The Morgan fingerprint density at radius 1 is 1.65 bits per heavy atom. The number of aromatic nitrogens is 1. The lowest BCUT2D eigenvalue weighted by Crippen LogP contribution is -2.21. The molecule has 0 aliphatic rings. The normalized spacial score (nSPS) is 9.76. The summed E-state index contributed by atoms with van der Waals surface area (Å²) in [5.41, 5.74) is 8.91. The summed E-state index contributed by atoms with van der Waals surface area (Å²) in [4.78, 5) is 22.9. The number of nitrogens with zero attached hydrogens (tertiary/aromatic N) is 1. The molecule has 6 heteroatoms. The third-order valence-corrected chi connectivity index (χ3v) is 2.22. The third kappa shape index (κ3) is 2.47. The summed E-state index contributed by atoms with van der Waals surface area (Å²) in [5.74, 6) is -1.12. The second-order valence-electron chi connectivity index (χ2n) is 3.30. The fourth-order valence-electron chi connectivity index (χ4n) is 1.52. The Morgan fingerprint density at radius 2 is 2.29 bits per heavy atom. The van der Waals surface area contributed by atoms with E-state index in [0.29, 0.717) is 11.1 Å². The minimum absolute atomic E-state index is 0.202. The molecule has 0 radical (unpaired) electrons. The average Bonchev–Trinajstić information content (AvgIpc) is 2.56. The lowest BCUT2D eigenvalue weighted by Gasteiger charge is -2.05. The number of hydrogen-bond acceptors (Lipinski definition) is 4. The third-order valence-electron chi connectivity index (χ3n) is 2.22. The molecule has 0 unspecified atom stereocenters. The van der Waals surface area contributed by atoms with Crippen LogP contribution in [0.3, 0.4) is 0 Å². The first-order valence-electron chi connectivity index (χ1n) is 5.09. The predicted molar refractivity (Wildman–Crippen MR) is 63.2 cm³/mol. The van der Waals surface area contributed by atoms with Gasteiger partial charge in [-0.05, 0) is 19.4 Å². The number of primary amides is 1. The summed E-state index contributed by atoms with van der Waals surface area (Å²) in [5, 5.41) is 0. The minimum Gasteiger partial charge on any atom is -0.462 e. The lowest BCUT2D eigenvalue weighted by atomic mass is 10.1. The van der Waals surface area contributed by atoms with Gasteiger partial charge in [0.25, 0.3) is 5.91 Å². The van der Waals surface area contributed by atoms with Gasteiger partial charge >= 0.3 is 5.97 Å². The predicted octanol–water partition coefficient (Wildman–Crippen LogP) is 0.759. The lowest BCUT2D eigenvalue weighted by molar-refractivity contribution is 0.0525. The number of rotatable bonds is 5. The van der Waals surface area contributed by atoms with Crippen LogP contribution in [-0.4, -0.2) is 23.2 Å². The number of hydrogen-bond donors (Lipinski definition) is 2. The van der Waals surface area contributed by atoms with Crippen molar-refractivity contribution in [1.82, 2.24) is 4.68 Å². The zero-order chi connectivity index (χ0) is 13.0. The molecule has 0 bridgehead atoms. The van der Waals surface area contributed by atoms with Gasteiger partial charge in [0, 0.05) is 12.4 Å². The van der Waals surface area contributed by atoms with Gasteiger partial charge in [-0.1, -0.05) is 6.58 Å². The maximum atomic E-state index is 11.6. The number of esters is 1. The topological polar surface area (TPSA) is 86.3 Å². The van der Waals surface area contributed by atoms with E-state index in [1.807, 2.05) is 0 Å². The van der Waals surface area contributed by atoms with E-state index in [2.05, 4.69) is 12.0 Å². The molecule has 1 heterocycles. The molecule has 1 aromatic rings. The van der Waals surface area contributed by atoms with Crippen molar-refractivity contribution in [3.8, 4) is 0 Å². The zero-order valence-electron chi connectivity index (χ0n) is 9.82. The molecule has 1 rings (SSSR count). The van der Waals surface area contributed by atoms with Crippen LogP contribution in [0.25, 0.3) is 0 Å². The van der Waals surface area contributed by atoms with Crippen molar-refractivity contribution in [2.75, 3.05) is 12.0 Å². The summed E-state index contributed by atoms with van der Waals surface area (Å²) in [6, 6.07) is 0. The molecule has 1 amide bonds. The van der Waals surface area contributed by atoms with Crippen molar-refractivity contribution in [3.05, 3.63) is 35.8 Å². The van der Waals surface area contributed by atoms with Gasteiger partial charge in [-0.3, -0.25) is 9.47 Å². The van der Waals surface area contributed by atoms with Crippen LogP contribution in [0.1, 0.15) is 33.3 Å². The highest BCUT2D eigenvalue weighted by Gasteiger charge is 2.21. The van der Waals surface area contributed by atoms with E-state index in [1.54, 1.807) is 13.8 Å². The second-order valence-corrected chi connectivity index (χ2v) is 3.30. The molecule has 0 saturated carbocycles. The van der Waals surface area contributed by atoms with Crippen LogP contribution in [0.4, 0.5) is 0 Å². The smallest absolute Gasteiger partial charge is 0.340 e. The quantitative estimate of drug-likeness (QED) is 0.740. The van der Waals surface area contributed by atoms with Crippen molar-refractivity contribution >= 4 is 11.9 Å². The molecular formula is C11H15N3O3. The van der Waals surface area contributed by atoms with Gasteiger partial charge in [0.15, 0.2) is 0 Å². The Bertz CT molecular complexity index is 463. The molecule has 0 spiro atoms. The highest BCUT2D eigenvalue weighted by Crippen LogP contribution is 2.16. The Morgan fingerprint density at radius 3 is 2.76 bits per heavy atom. The summed E-state index contributed by atoms with van der Waals surface area (Å²) in [7, 11) is 0. The monoisotopic (exact) mass is 237 g/mol. The van der Waals surface area contributed by atoms with Crippen molar-refractivity contribution < 1.29 is 14.3 Å². The number of carbonyl (C=O) groups is 2. The van der Waals surface area contributed by atoms with Crippen LogP contribution in [0.2, 0.25) is 0 Å². The van der Waals surface area contributed by atoms with Gasteiger partial charge in [0.2, 0.25) is 0 Å². The number of amides is 1. The fraction of sp³-hybridized carbons (Fsp3) is 0.273. The van der Waals surface area contributed by atoms with E-state index in [4.69, 9.17) is 10.5 Å². The summed E-state index contributed by atoms with van der Waals surface area (Å²) in [6.07, 6.45) is 2.83. The molecule has 92 valence electrons. The first-order chi connectivity index (χ1) is 8.02. The molecule has 1 aromatic heterocycles. The van der Waals surface area contributed by atoms with Crippen molar-refractivity contribution in [2.45, 2.75) is 13.8 Å². The van der Waals surface area contributed by atoms with Crippen LogP contribution in [0, 0.1) is 6.92 Å². The molecule has 6 nitrogen and oxygen atoms in total. The number of nitrogens with one attached hydrogen (secondary N) is 1. The van der Waals surface area contributed by atoms with E-state index in [-0.39, 0.29) is 12.3 Å². The zero-order valence-corrected chi connectivity index (χ0v) is 9.82.